The second-order valence-electron chi connectivity index (χ2n) is 17.0. The van der Waals surface area contributed by atoms with E-state index in [0.717, 1.165) is 44.9 Å². The molecule has 0 saturated carbocycles. The van der Waals surface area contributed by atoms with Gasteiger partial charge in [-0.2, -0.15) is 0 Å². The number of aliphatic hydroxyl groups is 10. The van der Waals surface area contributed by atoms with Crippen molar-refractivity contribution >= 4 is 0 Å². The van der Waals surface area contributed by atoms with Crippen LogP contribution in [0.4, 0.5) is 0 Å². The molecule has 15 heteroatoms. The normalized spacial score (nSPS) is 32.5. The molecule has 2 fully saturated rings. The number of allylic oxidation sites excluding steroid dienone is 2. The van der Waals surface area contributed by atoms with Gasteiger partial charge in [0.1, 0.15) is 42.7 Å². The third kappa shape index (κ3) is 17.3. The average molecular weight is 849 g/mol. The average Bonchev–Trinajstić information content (AvgIpc) is 3.20. The van der Waals surface area contributed by atoms with Crippen molar-refractivity contribution in [3.63, 3.8) is 0 Å². The Bertz CT molecular complexity index is 1140. The minimum atomic E-state index is -2.78. The van der Waals surface area contributed by atoms with E-state index in [1.807, 2.05) is 6.08 Å². The van der Waals surface area contributed by atoms with Crippen molar-refractivity contribution in [2.75, 3.05) is 19.8 Å². The molecule has 2 saturated heterocycles. The van der Waals surface area contributed by atoms with Crippen LogP contribution in [0.1, 0.15) is 162 Å². The van der Waals surface area contributed by atoms with E-state index < -0.39 is 98.3 Å². The zero-order valence-corrected chi connectivity index (χ0v) is 36.4. The second kappa shape index (κ2) is 29.0. The molecular formula is C44H84N2O13. The van der Waals surface area contributed by atoms with Crippen LogP contribution in [0, 0.1) is 0 Å². The van der Waals surface area contributed by atoms with Gasteiger partial charge in [0.15, 0.2) is 5.79 Å². The lowest BCUT2D eigenvalue weighted by Gasteiger charge is -2.58. The van der Waals surface area contributed by atoms with Gasteiger partial charge in [-0.25, -0.2) is 0 Å². The molecule has 348 valence electrons. The highest BCUT2D eigenvalue weighted by Gasteiger charge is 2.68. The zero-order chi connectivity index (χ0) is 43.7. The Labute approximate surface area is 353 Å². The lowest BCUT2D eigenvalue weighted by Crippen LogP contribution is -2.80. The minimum absolute atomic E-state index is 0.0450. The summed E-state index contributed by atoms with van der Waals surface area (Å²) in [5.74, 6) is -5.23. The number of unbranched alkanes of at least 4 members (excludes halogenated alkanes) is 18. The van der Waals surface area contributed by atoms with Crippen molar-refractivity contribution in [3.8, 4) is 0 Å². The highest BCUT2D eigenvalue weighted by molar-refractivity contribution is 5.11. The fourth-order valence-corrected chi connectivity index (χ4v) is 8.10. The Morgan fingerprint density at radius 2 is 1.10 bits per heavy atom. The molecule has 2 aliphatic heterocycles. The number of ether oxygens (including phenoxy) is 3. The van der Waals surface area contributed by atoms with Crippen LogP contribution in [0.25, 0.3) is 0 Å². The van der Waals surface area contributed by atoms with Gasteiger partial charge < -0.3 is 75.9 Å². The molecule has 15 nitrogen and oxygen atoms in total. The largest absolute Gasteiger partial charge is 0.394 e. The summed E-state index contributed by atoms with van der Waals surface area (Å²) in [4.78, 5) is 0. The molecular weight excluding hydrogens is 764 g/mol. The third-order valence-electron chi connectivity index (χ3n) is 11.6. The van der Waals surface area contributed by atoms with E-state index in [1.54, 1.807) is 12.3 Å². The lowest BCUT2D eigenvalue weighted by molar-refractivity contribution is -0.448. The van der Waals surface area contributed by atoms with Gasteiger partial charge in [0.05, 0.1) is 25.4 Å². The molecule has 59 heavy (non-hydrogen) atoms. The second-order valence-corrected chi connectivity index (χ2v) is 17.0. The Balaban J connectivity index is 2.16. The predicted molar refractivity (Wildman–Crippen MR) is 225 cm³/mol. The van der Waals surface area contributed by atoms with Crippen LogP contribution < -0.4 is 10.6 Å². The summed E-state index contributed by atoms with van der Waals surface area (Å²) >= 11 is 0. The van der Waals surface area contributed by atoms with Gasteiger partial charge in [-0.05, 0) is 45.0 Å². The van der Waals surface area contributed by atoms with E-state index in [2.05, 4.69) is 24.5 Å². The molecule has 2 rings (SSSR count). The molecule has 2 heterocycles. The Kier molecular flexibility index (Phi) is 26.4. The molecule has 0 amide bonds. The molecule has 0 aromatic heterocycles. The quantitative estimate of drug-likeness (QED) is 0.0335. The molecule has 0 aromatic rings. The first-order valence-corrected chi connectivity index (χ1v) is 22.8. The number of nitrogens with one attached hydrogen (secondary N) is 2. The maximum Gasteiger partial charge on any atom is 0.223 e. The highest BCUT2D eigenvalue weighted by Crippen LogP contribution is 2.45. The summed E-state index contributed by atoms with van der Waals surface area (Å²) in [6.07, 6.45) is 12.5. The molecule has 2 aliphatic rings. The van der Waals surface area contributed by atoms with Crippen LogP contribution in [0.5, 0.6) is 0 Å². The summed E-state index contributed by atoms with van der Waals surface area (Å²) in [6.45, 7) is 3.97. The summed E-state index contributed by atoms with van der Waals surface area (Å²) in [7, 11) is 0. The SMILES string of the molecule is CCCCCCCCCCC=CNCC(O)C[C@@]1(O)O[C@H](CO)[C@H](O)[C@H](O[C@]2(CC(C)O)O[C@H](CO)[C@H](O)[C@H](O)[C@]2(O)NC=CCCCCCCCCCCCC)[C@H]1O. The first kappa shape index (κ1) is 53.7. The van der Waals surface area contributed by atoms with Crippen LogP contribution in [0.15, 0.2) is 24.6 Å². The molecule has 12 N–H and O–H groups in total. The monoisotopic (exact) mass is 849 g/mol. The topological polar surface area (TPSA) is 254 Å². The van der Waals surface area contributed by atoms with Crippen molar-refractivity contribution in [3.05, 3.63) is 24.6 Å². The number of aliphatic hydroxyl groups excluding tert-OH is 8. The number of rotatable bonds is 33. The maximum absolute atomic E-state index is 12.2. The van der Waals surface area contributed by atoms with Crippen LogP contribution in [-0.4, -0.2) is 143 Å². The minimum Gasteiger partial charge on any atom is -0.394 e. The van der Waals surface area contributed by atoms with Gasteiger partial charge in [-0.1, -0.05) is 129 Å². The van der Waals surface area contributed by atoms with E-state index in [9.17, 15) is 51.1 Å². The van der Waals surface area contributed by atoms with Crippen molar-refractivity contribution < 1.29 is 65.3 Å². The molecule has 0 aliphatic carbocycles. The molecule has 0 aromatic carbocycles. The third-order valence-corrected chi connectivity index (χ3v) is 11.6. The van der Waals surface area contributed by atoms with Gasteiger partial charge in [0.2, 0.25) is 11.5 Å². The summed E-state index contributed by atoms with van der Waals surface area (Å²) in [5, 5.41) is 117. The first-order chi connectivity index (χ1) is 28.3. The zero-order valence-electron chi connectivity index (χ0n) is 36.4. The molecule has 0 spiro atoms. The van der Waals surface area contributed by atoms with Crippen molar-refractivity contribution in [2.45, 2.75) is 234 Å². The van der Waals surface area contributed by atoms with E-state index in [1.165, 1.54) is 90.2 Å². The Morgan fingerprint density at radius 3 is 1.59 bits per heavy atom. The summed E-state index contributed by atoms with van der Waals surface area (Å²) in [5.41, 5.74) is -2.78. The fraction of sp³-hybridized carbons (Fsp3) is 0.909. The molecule has 0 bridgehead atoms. The van der Waals surface area contributed by atoms with Crippen molar-refractivity contribution in [1.29, 1.82) is 0 Å². The molecule has 12 atom stereocenters. The predicted octanol–water partition coefficient (Wildman–Crippen LogP) is 3.24. The summed E-state index contributed by atoms with van der Waals surface area (Å²) < 4.78 is 17.7. The standard InChI is InChI=1S/C44H84N2O13/c1-4-6-8-10-12-14-16-17-19-21-23-25-27-46-44(56)40(53)38(52)36(32-48)58-43(44,28-33(3)49)59-39-37(51)35(31-47)57-42(55,41(39)54)29-34(50)30-45-26-24-22-20-18-15-13-11-9-7-5-2/h24-27,33-41,45-56H,4-23,28-32H2,1-3H3/t33?,34?,35-,36-,37+,38+,39+,40+,41-,42-,43+,44-/m1/s1. The summed E-state index contributed by atoms with van der Waals surface area (Å²) in [6, 6.07) is 0. The molecule has 0 radical (unpaired) electrons. The Hall–Kier alpha value is -1.44. The van der Waals surface area contributed by atoms with Crippen molar-refractivity contribution in [2.24, 2.45) is 0 Å². The van der Waals surface area contributed by atoms with Crippen LogP contribution in [0.2, 0.25) is 0 Å². The van der Waals surface area contributed by atoms with E-state index in [0.29, 0.717) is 6.42 Å². The van der Waals surface area contributed by atoms with Gasteiger partial charge in [0.25, 0.3) is 0 Å². The van der Waals surface area contributed by atoms with E-state index in [4.69, 9.17) is 14.2 Å². The molecule has 2 unspecified atom stereocenters. The van der Waals surface area contributed by atoms with Gasteiger partial charge in [-0.15, -0.1) is 0 Å². The lowest BCUT2D eigenvalue weighted by atomic mass is 9.82. The van der Waals surface area contributed by atoms with Crippen LogP contribution in [-0.2, 0) is 14.2 Å². The van der Waals surface area contributed by atoms with Gasteiger partial charge in [-0.3, -0.25) is 0 Å². The fourth-order valence-electron chi connectivity index (χ4n) is 8.10. The first-order valence-electron chi connectivity index (χ1n) is 22.8. The number of hydrogen-bond acceptors (Lipinski definition) is 15. The van der Waals surface area contributed by atoms with Crippen molar-refractivity contribution in [1.82, 2.24) is 10.6 Å². The smallest absolute Gasteiger partial charge is 0.223 e. The van der Waals surface area contributed by atoms with E-state index >= 15 is 0 Å². The highest BCUT2D eigenvalue weighted by atomic mass is 16.7. The van der Waals surface area contributed by atoms with Crippen LogP contribution >= 0.6 is 0 Å². The van der Waals surface area contributed by atoms with Gasteiger partial charge >= 0.3 is 0 Å². The number of hydrogen-bond donors (Lipinski definition) is 12. The van der Waals surface area contributed by atoms with Crippen LogP contribution in [0.3, 0.4) is 0 Å². The Morgan fingerprint density at radius 1 is 0.627 bits per heavy atom. The maximum atomic E-state index is 12.2. The van der Waals surface area contributed by atoms with E-state index in [-0.39, 0.29) is 6.54 Å². The van der Waals surface area contributed by atoms with Gasteiger partial charge in [0, 0.05) is 19.4 Å².